The Labute approximate surface area is 133 Å². The Morgan fingerprint density at radius 2 is 2.00 bits per heavy atom. The zero-order valence-corrected chi connectivity index (χ0v) is 12.6. The number of rotatable bonds is 5. The highest BCUT2D eigenvalue weighted by molar-refractivity contribution is 6.01. The lowest BCUT2D eigenvalue weighted by Gasteiger charge is -2.18. The SMILES string of the molecule is C/C(N)=C(/C#N)C(=O)COC(=O)Cc1ccc2c(c1)OCCO2. The molecule has 1 aliphatic rings. The van der Waals surface area contributed by atoms with E-state index in [0.717, 1.165) is 0 Å². The number of benzene rings is 1. The first kappa shape index (κ1) is 16.4. The van der Waals surface area contributed by atoms with E-state index in [1.807, 2.05) is 0 Å². The molecular formula is C16H16N2O5. The lowest BCUT2D eigenvalue weighted by atomic mass is 10.1. The molecule has 0 amide bonds. The van der Waals surface area contributed by atoms with Gasteiger partial charge < -0.3 is 19.9 Å². The molecule has 2 N–H and O–H groups in total. The first-order valence-corrected chi connectivity index (χ1v) is 6.95. The molecule has 1 heterocycles. The Balaban J connectivity index is 1.92. The number of nitrogens with two attached hydrogens (primary N) is 1. The summed E-state index contributed by atoms with van der Waals surface area (Å²) in [6, 6.07) is 6.83. The van der Waals surface area contributed by atoms with Crippen LogP contribution in [0.25, 0.3) is 0 Å². The van der Waals surface area contributed by atoms with Gasteiger partial charge in [0.05, 0.1) is 6.42 Å². The van der Waals surface area contributed by atoms with Crippen LogP contribution in [0.3, 0.4) is 0 Å². The van der Waals surface area contributed by atoms with E-state index >= 15 is 0 Å². The molecule has 0 fully saturated rings. The highest BCUT2D eigenvalue weighted by atomic mass is 16.6. The van der Waals surface area contributed by atoms with Gasteiger partial charge in [0.25, 0.3) is 0 Å². The first-order chi connectivity index (χ1) is 11.0. The van der Waals surface area contributed by atoms with Crippen LogP contribution in [0.2, 0.25) is 0 Å². The number of esters is 1. The molecule has 0 radical (unpaired) electrons. The van der Waals surface area contributed by atoms with Crippen molar-refractivity contribution in [1.82, 2.24) is 0 Å². The smallest absolute Gasteiger partial charge is 0.310 e. The van der Waals surface area contributed by atoms with Crippen LogP contribution < -0.4 is 15.2 Å². The fourth-order valence-corrected chi connectivity index (χ4v) is 2.00. The number of hydrogen-bond donors (Lipinski definition) is 1. The van der Waals surface area contributed by atoms with Gasteiger partial charge in [0.15, 0.2) is 18.1 Å². The zero-order valence-electron chi connectivity index (χ0n) is 12.6. The zero-order chi connectivity index (χ0) is 16.8. The van der Waals surface area contributed by atoms with Crippen molar-refractivity contribution < 1.29 is 23.8 Å². The summed E-state index contributed by atoms with van der Waals surface area (Å²) in [6.45, 7) is 1.87. The number of allylic oxidation sites excluding steroid dienone is 1. The number of fused-ring (bicyclic) bond motifs is 1. The van der Waals surface area contributed by atoms with Gasteiger partial charge in [0.1, 0.15) is 24.9 Å². The minimum Gasteiger partial charge on any atom is -0.486 e. The van der Waals surface area contributed by atoms with E-state index < -0.39 is 18.4 Å². The van der Waals surface area contributed by atoms with Crippen LogP contribution in [0.5, 0.6) is 11.5 Å². The second-order valence-corrected chi connectivity index (χ2v) is 4.91. The highest BCUT2D eigenvalue weighted by Crippen LogP contribution is 2.30. The van der Waals surface area contributed by atoms with E-state index in [-0.39, 0.29) is 17.7 Å². The Bertz CT molecular complexity index is 699. The molecule has 0 spiro atoms. The van der Waals surface area contributed by atoms with Crippen molar-refractivity contribution in [3.63, 3.8) is 0 Å². The van der Waals surface area contributed by atoms with Crippen molar-refractivity contribution in [2.45, 2.75) is 13.3 Å². The predicted octanol–water partition coefficient (Wildman–Crippen LogP) is 0.869. The molecule has 0 unspecified atom stereocenters. The van der Waals surface area contributed by atoms with Gasteiger partial charge in [-0.15, -0.1) is 0 Å². The Kier molecular flexibility index (Phi) is 5.20. The molecule has 1 aromatic rings. The van der Waals surface area contributed by atoms with Crippen molar-refractivity contribution in [1.29, 1.82) is 5.26 Å². The van der Waals surface area contributed by atoms with E-state index in [9.17, 15) is 9.59 Å². The van der Waals surface area contributed by atoms with Crippen molar-refractivity contribution >= 4 is 11.8 Å². The van der Waals surface area contributed by atoms with Gasteiger partial charge in [-0.05, 0) is 24.6 Å². The molecular weight excluding hydrogens is 300 g/mol. The first-order valence-electron chi connectivity index (χ1n) is 6.95. The van der Waals surface area contributed by atoms with Crippen LogP contribution in [0.4, 0.5) is 0 Å². The molecule has 0 aliphatic carbocycles. The molecule has 0 saturated carbocycles. The van der Waals surface area contributed by atoms with E-state index in [4.69, 9.17) is 25.2 Å². The van der Waals surface area contributed by atoms with Crippen LogP contribution >= 0.6 is 0 Å². The Morgan fingerprint density at radius 1 is 1.30 bits per heavy atom. The Hall–Kier alpha value is -3.01. The van der Waals surface area contributed by atoms with Crippen molar-refractivity contribution in [3.8, 4) is 17.6 Å². The Morgan fingerprint density at radius 3 is 2.65 bits per heavy atom. The third kappa shape index (κ3) is 4.23. The van der Waals surface area contributed by atoms with Crippen LogP contribution in [0, 0.1) is 11.3 Å². The largest absolute Gasteiger partial charge is 0.486 e. The van der Waals surface area contributed by atoms with Crippen LogP contribution in [-0.4, -0.2) is 31.6 Å². The normalized spacial score (nSPS) is 13.6. The van der Waals surface area contributed by atoms with Gasteiger partial charge in [0.2, 0.25) is 5.78 Å². The third-order valence-corrected chi connectivity index (χ3v) is 3.10. The molecule has 0 bridgehead atoms. The van der Waals surface area contributed by atoms with Gasteiger partial charge in [0, 0.05) is 5.70 Å². The van der Waals surface area contributed by atoms with Gasteiger partial charge in [-0.2, -0.15) is 5.26 Å². The van der Waals surface area contributed by atoms with E-state index in [1.165, 1.54) is 6.92 Å². The van der Waals surface area contributed by atoms with Crippen molar-refractivity contribution in [2.75, 3.05) is 19.8 Å². The summed E-state index contributed by atoms with van der Waals surface area (Å²) in [6.07, 6.45) is -0.0167. The quantitative estimate of drug-likeness (QED) is 0.487. The summed E-state index contributed by atoms with van der Waals surface area (Å²) in [7, 11) is 0. The summed E-state index contributed by atoms with van der Waals surface area (Å²) in [5.41, 5.74) is 5.99. The predicted molar refractivity (Wildman–Crippen MR) is 79.6 cm³/mol. The highest BCUT2D eigenvalue weighted by Gasteiger charge is 2.16. The summed E-state index contributed by atoms with van der Waals surface area (Å²) >= 11 is 0. The van der Waals surface area contributed by atoms with Crippen LogP contribution in [-0.2, 0) is 20.7 Å². The van der Waals surface area contributed by atoms with E-state index in [1.54, 1.807) is 24.3 Å². The second kappa shape index (κ2) is 7.31. The number of carbonyl (C=O) groups excluding carboxylic acids is 2. The molecule has 2 rings (SSSR count). The molecule has 7 heteroatoms. The molecule has 23 heavy (non-hydrogen) atoms. The third-order valence-electron chi connectivity index (χ3n) is 3.10. The van der Waals surface area contributed by atoms with Crippen LogP contribution in [0.15, 0.2) is 29.5 Å². The maximum absolute atomic E-state index is 11.8. The minimum absolute atomic E-state index is 0.0167. The van der Waals surface area contributed by atoms with Gasteiger partial charge in [-0.1, -0.05) is 6.07 Å². The molecule has 0 atom stereocenters. The number of carbonyl (C=O) groups is 2. The number of ether oxygens (including phenoxy) is 3. The molecule has 7 nitrogen and oxygen atoms in total. The van der Waals surface area contributed by atoms with Crippen molar-refractivity contribution in [2.24, 2.45) is 5.73 Å². The van der Waals surface area contributed by atoms with E-state index in [0.29, 0.717) is 30.3 Å². The van der Waals surface area contributed by atoms with Gasteiger partial charge >= 0.3 is 5.97 Å². The summed E-state index contributed by atoms with van der Waals surface area (Å²) in [4.78, 5) is 23.5. The summed E-state index contributed by atoms with van der Waals surface area (Å²) in [5, 5.41) is 8.80. The van der Waals surface area contributed by atoms with E-state index in [2.05, 4.69) is 0 Å². The number of Topliss-reactive ketones (excluding diaryl/α,β-unsaturated/α-hetero) is 1. The number of nitriles is 1. The average Bonchev–Trinajstić information content (AvgIpc) is 2.53. The number of hydrogen-bond acceptors (Lipinski definition) is 7. The fourth-order valence-electron chi connectivity index (χ4n) is 2.00. The topological polar surface area (TPSA) is 112 Å². The lowest BCUT2D eigenvalue weighted by molar-refractivity contribution is -0.146. The van der Waals surface area contributed by atoms with Crippen LogP contribution in [0.1, 0.15) is 12.5 Å². The summed E-state index contributed by atoms with van der Waals surface area (Å²) in [5.74, 6) is 0.00173. The lowest BCUT2D eigenvalue weighted by Crippen LogP contribution is -2.19. The standard InChI is InChI=1S/C16H16N2O5/c1-10(18)12(8-17)13(19)9-23-16(20)7-11-2-3-14-15(6-11)22-5-4-21-14/h2-3,6H,4-5,7,9,18H2,1H3/b12-10+. The van der Waals surface area contributed by atoms with Gasteiger partial charge in [-0.25, -0.2) is 0 Å². The monoisotopic (exact) mass is 316 g/mol. The second-order valence-electron chi connectivity index (χ2n) is 4.91. The maximum Gasteiger partial charge on any atom is 0.310 e. The fraction of sp³-hybridized carbons (Fsp3) is 0.312. The van der Waals surface area contributed by atoms with Crippen molar-refractivity contribution in [3.05, 3.63) is 35.0 Å². The summed E-state index contributed by atoms with van der Waals surface area (Å²) < 4.78 is 15.7. The molecule has 120 valence electrons. The molecule has 1 aromatic carbocycles. The minimum atomic E-state index is -0.622. The number of nitrogens with zero attached hydrogens (tertiary/aromatic N) is 1. The molecule has 1 aliphatic heterocycles. The maximum atomic E-state index is 11.8. The number of ketones is 1. The molecule has 0 aromatic heterocycles. The van der Waals surface area contributed by atoms with Gasteiger partial charge in [-0.3, -0.25) is 9.59 Å². The average molecular weight is 316 g/mol. The molecule has 0 saturated heterocycles.